The lowest BCUT2D eigenvalue weighted by Crippen LogP contribution is -2.30. The summed E-state index contributed by atoms with van der Waals surface area (Å²) in [5.74, 6) is 1.27. The first-order valence-corrected chi connectivity index (χ1v) is 12.6. The van der Waals surface area contributed by atoms with Gasteiger partial charge in [-0.05, 0) is 62.1 Å². The first-order chi connectivity index (χ1) is 16.9. The Labute approximate surface area is 211 Å². The van der Waals surface area contributed by atoms with Gasteiger partial charge in [0.1, 0.15) is 17.1 Å². The molecule has 0 aliphatic carbocycles. The average Bonchev–Trinajstić information content (AvgIpc) is 3.38. The summed E-state index contributed by atoms with van der Waals surface area (Å²) in [6, 6.07) is 8.74. The van der Waals surface area contributed by atoms with Gasteiger partial charge in [-0.25, -0.2) is 0 Å². The minimum Gasteiger partial charge on any atom is -0.507 e. The highest BCUT2D eigenvalue weighted by Crippen LogP contribution is 2.46. The third kappa shape index (κ3) is 4.69. The number of aromatic nitrogens is 2. The van der Waals surface area contributed by atoms with E-state index in [1.807, 2.05) is 36.9 Å². The summed E-state index contributed by atoms with van der Waals surface area (Å²) in [5.41, 5.74) is 3.82. The molecule has 186 valence electrons. The van der Waals surface area contributed by atoms with Crippen molar-refractivity contribution in [1.29, 1.82) is 0 Å². The number of H-pyrrole nitrogens is 1. The Hall–Kier alpha value is -3.19. The maximum absolute atomic E-state index is 13.5. The zero-order chi connectivity index (χ0) is 25.1. The topological polar surface area (TPSA) is 87.7 Å². The van der Waals surface area contributed by atoms with Crippen LogP contribution >= 0.6 is 11.6 Å². The summed E-state index contributed by atoms with van der Waals surface area (Å²) >= 11 is 6.39. The Bertz CT molecular complexity index is 1220. The Balaban J connectivity index is 1.87. The van der Waals surface area contributed by atoms with Gasteiger partial charge in [0.05, 0.1) is 19.3 Å². The zero-order valence-corrected chi connectivity index (χ0v) is 21.4. The summed E-state index contributed by atoms with van der Waals surface area (Å²) in [7, 11) is 0. The molecule has 1 unspecified atom stereocenters. The fourth-order valence-electron chi connectivity index (χ4n) is 4.46. The number of carbonyl (C=O) groups is 1. The van der Waals surface area contributed by atoms with Crippen molar-refractivity contribution in [3.05, 3.63) is 57.7 Å². The van der Waals surface area contributed by atoms with Crippen LogP contribution in [0.4, 0.5) is 0 Å². The number of carbonyl (C=O) groups excluding carboxylic acids is 1. The van der Waals surface area contributed by atoms with Crippen molar-refractivity contribution in [3.8, 4) is 28.5 Å². The van der Waals surface area contributed by atoms with Gasteiger partial charge in [0.2, 0.25) is 0 Å². The van der Waals surface area contributed by atoms with E-state index in [-0.39, 0.29) is 11.7 Å². The smallest absolute Gasteiger partial charge is 0.273 e. The average molecular weight is 498 g/mol. The minimum atomic E-state index is -0.392. The zero-order valence-electron chi connectivity index (χ0n) is 20.7. The molecule has 7 nitrogen and oxygen atoms in total. The van der Waals surface area contributed by atoms with Crippen LogP contribution in [0, 0.1) is 6.92 Å². The lowest BCUT2D eigenvalue weighted by molar-refractivity contribution is 0.0741. The summed E-state index contributed by atoms with van der Waals surface area (Å²) in [4.78, 5) is 15.3. The van der Waals surface area contributed by atoms with E-state index >= 15 is 0 Å². The minimum absolute atomic E-state index is 0.0673. The molecule has 2 N–H and O–H groups in total. The SMILES string of the molecule is CCCCN1C(=O)c2[nH]nc(-c3cc(Cl)c(C)cc3O)c2C1c1ccc(OCCC)c(OCC)c1. The van der Waals surface area contributed by atoms with Crippen LogP contribution in [0.5, 0.6) is 17.2 Å². The van der Waals surface area contributed by atoms with Gasteiger partial charge in [-0.15, -0.1) is 0 Å². The van der Waals surface area contributed by atoms with Crippen LogP contribution in [0.15, 0.2) is 30.3 Å². The molecular formula is C27H32ClN3O4. The number of unbranched alkanes of at least 4 members (excludes halogenated alkanes) is 1. The summed E-state index contributed by atoms with van der Waals surface area (Å²) < 4.78 is 11.8. The Morgan fingerprint density at radius 2 is 1.91 bits per heavy atom. The highest BCUT2D eigenvalue weighted by Gasteiger charge is 2.42. The fourth-order valence-corrected chi connectivity index (χ4v) is 4.62. The van der Waals surface area contributed by atoms with Crippen molar-refractivity contribution in [1.82, 2.24) is 15.1 Å². The van der Waals surface area contributed by atoms with E-state index in [0.29, 0.717) is 53.2 Å². The molecule has 2 heterocycles. The Morgan fingerprint density at radius 3 is 2.63 bits per heavy atom. The van der Waals surface area contributed by atoms with Gasteiger partial charge in [-0.3, -0.25) is 9.89 Å². The van der Waals surface area contributed by atoms with Crippen molar-refractivity contribution >= 4 is 17.5 Å². The van der Waals surface area contributed by atoms with E-state index in [1.54, 1.807) is 12.1 Å². The molecule has 35 heavy (non-hydrogen) atoms. The second-order valence-corrected chi connectivity index (χ2v) is 9.13. The van der Waals surface area contributed by atoms with Crippen LogP contribution in [-0.2, 0) is 0 Å². The predicted molar refractivity (Wildman–Crippen MR) is 137 cm³/mol. The van der Waals surface area contributed by atoms with E-state index in [1.165, 1.54) is 0 Å². The van der Waals surface area contributed by atoms with E-state index in [4.69, 9.17) is 21.1 Å². The van der Waals surface area contributed by atoms with Crippen LogP contribution < -0.4 is 9.47 Å². The third-order valence-electron chi connectivity index (χ3n) is 6.19. The van der Waals surface area contributed by atoms with Gasteiger partial charge in [-0.2, -0.15) is 5.10 Å². The number of hydrogen-bond acceptors (Lipinski definition) is 5. The highest BCUT2D eigenvalue weighted by molar-refractivity contribution is 6.31. The van der Waals surface area contributed by atoms with Gasteiger partial charge >= 0.3 is 0 Å². The number of aromatic hydroxyl groups is 1. The number of halogens is 1. The Morgan fingerprint density at radius 1 is 1.11 bits per heavy atom. The van der Waals surface area contributed by atoms with E-state index in [2.05, 4.69) is 24.0 Å². The number of nitrogens with one attached hydrogen (secondary N) is 1. The molecule has 8 heteroatoms. The number of benzene rings is 2. The van der Waals surface area contributed by atoms with Gasteiger partial charge in [0.15, 0.2) is 11.5 Å². The standard InChI is InChI=1S/C27H32ClN3O4/c1-5-8-11-31-26(17-9-10-21(35-12-6-2)22(14-17)34-7-3)23-24(29-30-25(23)27(31)33)18-15-19(28)16(4)13-20(18)32/h9-10,13-15,26,32H,5-8,11-12H2,1-4H3,(H,29,30). The number of amides is 1. The molecule has 1 aliphatic heterocycles. The number of nitrogens with zero attached hydrogens (tertiary/aromatic N) is 2. The number of hydrogen-bond donors (Lipinski definition) is 2. The van der Waals surface area contributed by atoms with Crippen molar-refractivity contribution < 1.29 is 19.4 Å². The number of phenols is 1. The van der Waals surface area contributed by atoms with Crippen molar-refractivity contribution in [2.75, 3.05) is 19.8 Å². The van der Waals surface area contributed by atoms with Crippen molar-refractivity contribution in [3.63, 3.8) is 0 Å². The van der Waals surface area contributed by atoms with E-state index in [0.717, 1.165) is 36.0 Å². The highest BCUT2D eigenvalue weighted by atomic mass is 35.5. The number of phenolic OH excluding ortho intramolecular Hbond substituents is 1. The molecule has 3 aromatic rings. The van der Waals surface area contributed by atoms with Crippen LogP contribution in [0.1, 0.15) is 73.3 Å². The van der Waals surface area contributed by atoms with Crippen LogP contribution in [0.25, 0.3) is 11.3 Å². The largest absolute Gasteiger partial charge is 0.507 e. The third-order valence-corrected chi connectivity index (χ3v) is 6.60. The molecule has 0 fully saturated rings. The molecule has 4 rings (SSSR count). The predicted octanol–water partition coefficient (Wildman–Crippen LogP) is 6.28. The summed E-state index contributed by atoms with van der Waals surface area (Å²) in [5, 5.41) is 18.6. The number of ether oxygens (including phenoxy) is 2. The maximum atomic E-state index is 13.5. The first kappa shape index (κ1) is 24.9. The molecule has 0 saturated carbocycles. The second-order valence-electron chi connectivity index (χ2n) is 8.72. The van der Waals surface area contributed by atoms with Crippen LogP contribution in [-0.4, -0.2) is 45.9 Å². The molecule has 2 aromatic carbocycles. The number of rotatable bonds is 10. The number of fused-ring (bicyclic) bond motifs is 1. The second kappa shape index (κ2) is 10.6. The summed E-state index contributed by atoms with van der Waals surface area (Å²) in [6.07, 6.45) is 2.71. The lowest BCUT2D eigenvalue weighted by atomic mass is 9.95. The molecule has 1 atom stereocenters. The fraction of sp³-hybridized carbons (Fsp3) is 0.407. The molecule has 1 aliphatic rings. The molecule has 0 radical (unpaired) electrons. The molecule has 1 aromatic heterocycles. The first-order valence-electron chi connectivity index (χ1n) is 12.2. The summed E-state index contributed by atoms with van der Waals surface area (Å²) in [6.45, 7) is 9.59. The molecular weight excluding hydrogens is 466 g/mol. The van der Waals surface area contributed by atoms with Crippen LogP contribution in [0.3, 0.4) is 0 Å². The molecule has 0 spiro atoms. The number of aromatic amines is 1. The lowest BCUT2D eigenvalue weighted by Gasteiger charge is -2.27. The van der Waals surface area contributed by atoms with Gasteiger partial charge in [-0.1, -0.05) is 37.9 Å². The monoisotopic (exact) mass is 497 g/mol. The molecule has 0 bridgehead atoms. The van der Waals surface area contributed by atoms with E-state index in [9.17, 15) is 9.90 Å². The van der Waals surface area contributed by atoms with Crippen molar-refractivity contribution in [2.45, 2.75) is 53.0 Å². The van der Waals surface area contributed by atoms with E-state index < -0.39 is 6.04 Å². The molecule has 0 saturated heterocycles. The molecule has 1 amide bonds. The van der Waals surface area contributed by atoms with Gasteiger partial charge in [0, 0.05) is 22.7 Å². The van der Waals surface area contributed by atoms with Gasteiger partial charge < -0.3 is 19.5 Å². The maximum Gasteiger partial charge on any atom is 0.273 e. The number of aryl methyl sites for hydroxylation is 1. The Kier molecular flexibility index (Phi) is 7.55. The normalized spacial score (nSPS) is 14.9. The van der Waals surface area contributed by atoms with Gasteiger partial charge in [0.25, 0.3) is 5.91 Å². The quantitative estimate of drug-likeness (QED) is 0.344. The van der Waals surface area contributed by atoms with Crippen molar-refractivity contribution in [2.24, 2.45) is 0 Å². The van der Waals surface area contributed by atoms with Crippen LogP contribution in [0.2, 0.25) is 5.02 Å².